The SMILES string of the molecule is Cc1nc(S(=O)(=O)Nc2cscn2)ccc1NCc1cccc2ccncc12.O=CO. The van der Waals surface area contributed by atoms with E-state index in [1.54, 1.807) is 30.1 Å². The molecule has 0 saturated heterocycles. The van der Waals surface area contributed by atoms with E-state index < -0.39 is 10.0 Å². The van der Waals surface area contributed by atoms with Crippen LogP contribution in [0.25, 0.3) is 10.8 Å². The van der Waals surface area contributed by atoms with Crippen molar-refractivity contribution >= 4 is 50.1 Å². The molecule has 4 aromatic rings. The highest BCUT2D eigenvalue weighted by Crippen LogP contribution is 2.22. The molecule has 0 fully saturated rings. The van der Waals surface area contributed by atoms with Crippen LogP contribution in [0.1, 0.15) is 11.3 Å². The van der Waals surface area contributed by atoms with Gasteiger partial charge in [-0.1, -0.05) is 18.2 Å². The highest BCUT2D eigenvalue weighted by Gasteiger charge is 2.18. The van der Waals surface area contributed by atoms with E-state index in [0.717, 1.165) is 22.0 Å². The molecule has 0 amide bonds. The summed E-state index contributed by atoms with van der Waals surface area (Å²) >= 11 is 1.31. The third-order valence-electron chi connectivity index (χ3n) is 4.25. The van der Waals surface area contributed by atoms with Crippen molar-refractivity contribution in [2.45, 2.75) is 18.5 Å². The molecule has 0 saturated carbocycles. The lowest BCUT2D eigenvalue weighted by Crippen LogP contribution is -2.15. The van der Waals surface area contributed by atoms with Crippen LogP contribution in [0.15, 0.2) is 64.7 Å². The van der Waals surface area contributed by atoms with Crippen LogP contribution in [0, 0.1) is 6.92 Å². The highest BCUT2D eigenvalue weighted by atomic mass is 32.2. The molecule has 3 aromatic heterocycles. The summed E-state index contributed by atoms with van der Waals surface area (Å²) in [5, 5.41) is 14.0. The molecular formula is C20H19N5O4S2. The molecular weight excluding hydrogens is 438 g/mol. The van der Waals surface area contributed by atoms with Gasteiger partial charge in [0.15, 0.2) is 10.8 Å². The summed E-state index contributed by atoms with van der Waals surface area (Å²) in [6.07, 6.45) is 3.61. The number of sulfonamides is 1. The molecule has 4 rings (SSSR count). The average Bonchev–Trinajstić information content (AvgIpc) is 3.25. The second-order valence-corrected chi connectivity index (χ2v) is 8.58. The number of hydrogen-bond donors (Lipinski definition) is 3. The fourth-order valence-electron chi connectivity index (χ4n) is 2.85. The van der Waals surface area contributed by atoms with Gasteiger partial charge >= 0.3 is 0 Å². The summed E-state index contributed by atoms with van der Waals surface area (Å²) in [7, 11) is -3.77. The first-order valence-corrected chi connectivity index (χ1v) is 11.4. The van der Waals surface area contributed by atoms with Crippen molar-refractivity contribution in [2.75, 3.05) is 10.0 Å². The quantitative estimate of drug-likeness (QED) is 0.375. The number of carboxylic acid groups (broad SMARTS) is 1. The van der Waals surface area contributed by atoms with E-state index in [1.165, 1.54) is 17.4 Å². The van der Waals surface area contributed by atoms with Gasteiger partial charge < -0.3 is 10.4 Å². The Morgan fingerprint density at radius 2 is 2.00 bits per heavy atom. The van der Waals surface area contributed by atoms with Crippen molar-refractivity contribution in [2.24, 2.45) is 0 Å². The monoisotopic (exact) mass is 457 g/mol. The molecule has 0 aliphatic carbocycles. The van der Waals surface area contributed by atoms with Crippen molar-refractivity contribution in [3.8, 4) is 0 Å². The number of nitrogens with zero attached hydrogens (tertiary/aromatic N) is 3. The van der Waals surface area contributed by atoms with Gasteiger partial charge in [-0.3, -0.25) is 14.5 Å². The Kier molecular flexibility index (Phi) is 7.11. The second kappa shape index (κ2) is 9.96. The van der Waals surface area contributed by atoms with Crippen molar-refractivity contribution < 1.29 is 18.3 Å². The molecule has 3 heterocycles. The van der Waals surface area contributed by atoms with Crippen LogP contribution in [-0.2, 0) is 21.4 Å². The van der Waals surface area contributed by atoms with E-state index in [4.69, 9.17) is 9.90 Å². The summed E-state index contributed by atoms with van der Waals surface area (Å²) < 4.78 is 27.3. The molecule has 9 nitrogen and oxygen atoms in total. The zero-order valence-electron chi connectivity index (χ0n) is 16.4. The van der Waals surface area contributed by atoms with Crippen LogP contribution < -0.4 is 10.0 Å². The Morgan fingerprint density at radius 1 is 1.19 bits per heavy atom. The molecule has 0 atom stereocenters. The van der Waals surface area contributed by atoms with Gasteiger partial charge in [-0.05, 0) is 36.1 Å². The Balaban J connectivity index is 0.000000858. The molecule has 0 aliphatic heterocycles. The summed E-state index contributed by atoms with van der Waals surface area (Å²) in [5.74, 6) is 0.288. The maximum Gasteiger partial charge on any atom is 0.290 e. The topological polar surface area (TPSA) is 134 Å². The molecule has 0 aliphatic rings. The van der Waals surface area contributed by atoms with E-state index in [2.05, 4.69) is 25.0 Å². The Morgan fingerprint density at radius 3 is 2.71 bits per heavy atom. The van der Waals surface area contributed by atoms with Gasteiger partial charge in [0.2, 0.25) is 0 Å². The predicted molar refractivity (Wildman–Crippen MR) is 120 cm³/mol. The van der Waals surface area contributed by atoms with Gasteiger partial charge in [0, 0.05) is 29.7 Å². The van der Waals surface area contributed by atoms with E-state index in [9.17, 15) is 8.42 Å². The summed E-state index contributed by atoms with van der Waals surface area (Å²) in [4.78, 5) is 20.7. The number of pyridine rings is 2. The highest BCUT2D eigenvalue weighted by molar-refractivity contribution is 7.92. The molecule has 3 N–H and O–H groups in total. The van der Waals surface area contributed by atoms with Crippen LogP contribution in [0.4, 0.5) is 11.5 Å². The lowest BCUT2D eigenvalue weighted by molar-refractivity contribution is -0.122. The third kappa shape index (κ3) is 5.53. The summed E-state index contributed by atoms with van der Waals surface area (Å²) in [6, 6.07) is 11.3. The Labute approximate surface area is 182 Å². The summed E-state index contributed by atoms with van der Waals surface area (Å²) in [5.41, 5.74) is 4.03. The number of benzene rings is 1. The first kappa shape index (κ1) is 22.1. The molecule has 1 aromatic carbocycles. The Bertz CT molecular complexity index is 1270. The van der Waals surface area contributed by atoms with Gasteiger partial charge in [-0.2, -0.15) is 8.42 Å². The zero-order valence-corrected chi connectivity index (χ0v) is 18.0. The maximum atomic E-state index is 12.5. The number of thiazole rings is 1. The van der Waals surface area contributed by atoms with Crippen LogP contribution in [0.5, 0.6) is 0 Å². The Hall–Kier alpha value is -3.57. The van der Waals surface area contributed by atoms with Crippen molar-refractivity contribution in [3.05, 3.63) is 70.9 Å². The molecule has 31 heavy (non-hydrogen) atoms. The lowest BCUT2D eigenvalue weighted by atomic mass is 10.1. The number of anilines is 2. The van der Waals surface area contributed by atoms with Crippen molar-refractivity contribution in [3.63, 3.8) is 0 Å². The van der Waals surface area contributed by atoms with Gasteiger partial charge in [-0.15, -0.1) is 11.3 Å². The van der Waals surface area contributed by atoms with Crippen LogP contribution >= 0.6 is 11.3 Å². The minimum Gasteiger partial charge on any atom is -0.483 e. The van der Waals surface area contributed by atoms with Gasteiger partial charge in [-0.25, -0.2) is 9.97 Å². The molecule has 0 unspecified atom stereocenters. The number of rotatable bonds is 6. The predicted octanol–water partition coefficient (Wildman–Crippen LogP) is 3.51. The number of aromatic nitrogens is 3. The number of nitrogens with one attached hydrogen (secondary N) is 2. The van der Waals surface area contributed by atoms with Crippen LogP contribution in [-0.4, -0.2) is 34.9 Å². The fourth-order valence-corrected chi connectivity index (χ4v) is 4.40. The third-order valence-corrected chi connectivity index (χ3v) is 6.09. The second-order valence-electron chi connectivity index (χ2n) is 6.23. The summed E-state index contributed by atoms with van der Waals surface area (Å²) in [6.45, 7) is 2.10. The minimum absolute atomic E-state index is 0.0436. The maximum absolute atomic E-state index is 12.5. The first-order chi connectivity index (χ1) is 14.9. The van der Waals surface area contributed by atoms with Crippen LogP contribution in [0.2, 0.25) is 0 Å². The molecule has 160 valence electrons. The fraction of sp³-hybridized carbons (Fsp3) is 0.100. The molecule has 0 bridgehead atoms. The van der Waals surface area contributed by atoms with Gasteiger partial charge in [0.25, 0.3) is 16.5 Å². The van der Waals surface area contributed by atoms with E-state index in [-0.39, 0.29) is 17.3 Å². The van der Waals surface area contributed by atoms with E-state index in [0.29, 0.717) is 12.2 Å². The lowest BCUT2D eigenvalue weighted by Gasteiger charge is -2.12. The van der Waals surface area contributed by atoms with Gasteiger partial charge in [0.1, 0.15) is 0 Å². The normalized spacial score (nSPS) is 10.7. The number of hydrogen-bond acceptors (Lipinski definition) is 8. The standard InChI is InChI=1S/C19H17N5O2S2.CH2O2/c1-13-17(21-9-15-4-2-3-14-7-8-20-10-16(14)15)5-6-19(23-13)28(25,26)24-18-11-27-12-22-18;2-1-3/h2-8,10-12,21,24H,9H2,1H3;1H,(H,2,3). The van der Waals surface area contributed by atoms with Crippen LogP contribution in [0.3, 0.4) is 0 Å². The number of carbonyl (C=O) groups is 1. The molecule has 11 heteroatoms. The van der Waals surface area contributed by atoms with Gasteiger partial charge in [0.05, 0.1) is 16.9 Å². The smallest absolute Gasteiger partial charge is 0.290 e. The minimum atomic E-state index is -3.77. The van der Waals surface area contributed by atoms with Crippen molar-refractivity contribution in [1.29, 1.82) is 0 Å². The average molecular weight is 458 g/mol. The van der Waals surface area contributed by atoms with Crippen molar-refractivity contribution in [1.82, 2.24) is 15.0 Å². The molecule has 0 radical (unpaired) electrons. The van der Waals surface area contributed by atoms with E-state index in [1.807, 2.05) is 30.5 Å². The zero-order chi connectivity index (χ0) is 22.3. The number of fused-ring (bicyclic) bond motifs is 1. The van der Waals surface area contributed by atoms with E-state index >= 15 is 0 Å². The first-order valence-electron chi connectivity index (χ1n) is 8.96. The molecule has 0 spiro atoms. The number of aryl methyl sites for hydroxylation is 1. The largest absolute Gasteiger partial charge is 0.483 e.